The molecule has 0 aromatic heterocycles. The summed E-state index contributed by atoms with van der Waals surface area (Å²) in [6.07, 6.45) is 2.18. The van der Waals surface area contributed by atoms with Crippen molar-refractivity contribution in [3.8, 4) is 0 Å². The summed E-state index contributed by atoms with van der Waals surface area (Å²) in [5.74, 6) is -0.119. The van der Waals surface area contributed by atoms with Crippen molar-refractivity contribution in [2.45, 2.75) is 24.7 Å². The van der Waals surface area contributed by atoms with Crippen molar-refractivity contribution in [2.24, 2.45) is 0 Å². The number of nitrogens with one attached hydrogen (secondary N) is 1. The first-order chi connectivity index (χ1) is 8.65. The lowest BCUT2D eigenvalue weighted by Gasteiger charge is -2.08. The van der Waals surface area contributed by atoms with Gasteiger partial charge in [0, 0.05) is 22.5 Å². The summed E-state index contributed by atoms with van der Waals surface area (Å²) in [5.41, 5.74) is 0.579. The predicted octanol–water partition coefficient (Wildman–Crippen LogP) is 3.28. The van der Waals surface area contributed by atoms with E-state index < -0.39 is 0 Å². The molecule has 0 atom stereocenters. The van der Waals surface area contributed by atoms with Gasteiger partial charge in [-0.1, -0.05) is 29.3 Å². The van der Waals surface area contributed by atoms with Crippen molar-refractivity contribution in [2.75, 3.05) is 19.8 Å². The second-order valence-corrected chi connectivity index (χ2v) is 5.28. The molecule has 0 aliphatic heterocycles. The van der Waals surface area contributed by atoms with Crippen molar-refractivity contribution in [1.29, 1.82) is 0 Å². The van der Waals surface area contributed by atoms with Gasteiger partial charge in [-0.05, 0) is 24.6 Å². The fraction of sp³-hybridized carbons (Fsp3) is 0.462. The fourth-order valence-corrected chi connectivity index (χ4v) is 2.23. The summed E-state index contributed by atoms with van der Waals surface area (Å²) in [4.78, 5) is 12.5. The maximum atomic E-state index is 11.8. The Hall–Kier alpha value is -0.520. The van der Waals surface area contributed by atoms with Crippen LogP contribution in [0.4, 0.5) is 0 Å². The Labute approximate surface area is 122 Å². The van der Waals surface area contributed by atoms with Gasteiger partial charge >= 0.3 is 0 Å². The molecule has 0 aliphatic carbocycles. The minimum absolute atomic E-state index is 0.119. The molecule has 0 aliphatic rings. The van der Waals surface area contributed by atoms with Crippen LogP contribution in [0.15, 0.2) is 27.6 Å². The number of thiol groups is 1. The minimum Gasteiger partial charge on any atom is -0.380 e. The van der Waals surface area contributed by atoms with E-state index in [2.05, 4.69) is 40.8 Å². The first-order valence-corrected chi connectivity index (χ1v) is 7.23. The molecule has 1 aromatic rings. The zero-order valence-electron chi connectivity index (χ0n) is 10.4. The summed E-state index contributed by atoms with van der Waals surface area (Å²) in [5, 5.41) is 2.81. The summed E-state index contributed by atoms with van der Waals surface area (Å²) in [6, 6.07) is 5.38. The van der Waals surface area contributed by atoms with E-state index in [4.69, 9.17) is 4.74 Å². The Morgan fingerprint density at radius 2 is 2.22 bits per heavy atom. The molecule has 0 heterocycles. The van der Waals surface area contributed by atoms with E-state index in [1.54, 1.807) is 12.1 Å². The van der Waals surface area contributed by atoms with E-state index in [1.165, 1.54) is 0 Å². The smallest absolute Gasteiger partial charge is 0.252 e. The molecule has 0 radical (unpaired) electrons. The Balaban J connectivity index is 2.32. The number of benzene rings is 1. The lowest BCUT2D eigenvalue weighted by molar-refractivity contribution is 0.0910. The van der Waals surface area contributed by atoms with Crippen LogP contribution in [0.2, 0.25) is 0 Å². The van der Waals surface area contributed by atoms with Gasteiger partial charge in [0.1, 0.15) is 0 Å². The van der Waals surface area contributed by atoms with E-state index in [1.807, 2.05) is 6.07 Å². The Kier molecular flexibility index (Phi) is 7.39. The second-order valence-electron chi connectivity index (χ2n) is 3.88. The molecule has 0 fully saturated rings. The van der Waals surface area contributed by atoms with E-state index >= 15 is 0 Å². The van der Waals surface area contributed by atoms with Crippen molar-refractivity contribution < 1.29 is 9.53 Å². The maximum absolute atomic E-state index is 11.8. The van der Waals surface area contributed by atoms with E-state index in [-0.39, 0.29) is 5.91 Å². The molecule has 5 heteroatoms. The monoisotopic (exact) mass is 331 g/mol. The van der Waals surface area contributed by atoms with Gasteiger partial charge in [0.05, 0.1) is 12.2 Å². The van der Waals surface area contributed by atoms with Gasteiger partial charge in [-0.25, -0.2) is 0 Å². The molecule has 0 saturated heterocycles. The van der Waals surface area contributed by atoms with Crippen LogP contribution in [0.1, 0.15) is 30.1 Å². The van der Waals surface area contributed by atoms with Crippen LogP contribution in [0.5, 0.6) is 0 Å². The number of halogens is 1. The normalized spacial score (nSPS) is 10.4. The molecule has 1 N–H and O–H groups in total. The molecule has 0 unspecified atom stereocenters. The fourth-order valence-electron chi connectivity index (χ4n) is 1.38. The standard InChI is InChI=1S/C13H18BrNO2S/c1-2-3-7-17-8-6-15-13(16)11-5-4-10(14)9-12(11)18/h4-5,9,18H,2-3,6-8H2,1H3,(H,15,16). The minimum atomic E-state index is -0.119. The molecule has 0 saturated carbocycles. The number of hydrogen-bond acceptors (Lipinski definition) is 3. The van der Waals surface area contributed by atoms with Crippen molar-refractivity contribution >= 4 is 34.5 Å². The average molecular weight is 332 g/mol. The quantitative estimate of drug-likeness (QED) is 0.594. The number of hydrogen-bond donors (Lipinski definition) is 2. The third-order valence-corrected chi connectivity index (χ3v) is 3.24. The molecule has 0 bridgehead atoms. The molecule has 18 heavy (non-hydrogen) atoms. The molecular weight excluding hydrogens is 314 g/mol. The first kappa shape index (κ1) is 15.5. The molecule has 100 valence electrons. The zero-order valence-corrected chi connectivity index (χ0v) is 12.9. The van der Waals surface area contributed by atoms with Gasteiger partial charge in [0.15, 0.2) is 0 Å². The van der Waals surface area contributed by atoms with Crippen LogP contribution < -0.4 is 5.32 Å². The van der Waals surface area contributed by atoms with Gasteiger partial charge in [-0.3, -0.25) is 4.79 Å². The molecule has 1 amide bonds. The Morgan fingerprint density at radius 3 is 2.89 bits per heavy atom. The molecule has 0 spiro atoms. The summed E-state index contributed by atoms with van der Waals surface area (Å²) in [7, 11) is 0. The zero-order chi connectivity index (χ0) is 13.4. The van der Waals surface area contributed by atoms with Crippen LogP contribution in [0, 0.1) is 0 Å². The SMILES string of the molecule is CCCCOCCNC(=O)c1ccc(Br)cc1S. The van der Waals surface area contributed by atoms with E-state index in [9.17, 15) is 4.79 Å². The highest BCUT2D eigenvalue weighted by atomic mass is 79.9. The van der Waals surface area contributed by atoms with Crippen molar-refractivity contribution in [3.05, 3.63) is 28.2 Å². The van der Waals surface area contributed by atoms with Crippen molar-refractivity contribution in [1.82, 2.24) is 5.32 Å². The van der Waals surface area contributed by atoms with Crippen LogP contribution >= 0.6 is 28.6 Å². The Bertz CT molecular complexity index is 399. The lowest BCUT2D eigenvalue weighted by Crippen LogP contribution is -2.27. The first-order valence-electron chi connectivity index (χ1n) is 5.99. The van der Waals surface area contributed by atoms with Crippen LogP contribution in [0.25, 0.3) is 0 Å². The third kappa shape index (κ3) is 5.42. The van der Waals surface area contributed by atoms with Gasteiger partial charge < -0.3 is 10.1 Å². The van der Waals surface area contributed by atoms with Gasteiger partial charge in [-0.15, -0.1) is 12.6 Å². The number of ether oxygens (including phenoxy) is 1. The van der Waals surface area contributed by atoms with E-state index in [0.717, 1.165) is 23.9 Å². The number of carbonyl (C=O) groups is 1. The topological polar surface area (TPSA) is 38.3 Å². The highest BCUT2D eigenvalue weighted by Gasteiger charge is 2.08. The van der Waals surface area contributed by atoms with Gasteiger partial charge in [-0.2, -0.15) is 0 Å². The number of amides is 1. The van der Waals surface area contributed by atoms with E-state index in [0.29, 0.717) is 23.6 Å². The van der Waals surface area contributed by atoms with Crippen LogP contribution in [-0.2, 0) is 4.74 Å². The van der Waals surface area contributed by atoms with Gasteiger partial charge in [0.2, 0.25) is 0 Å². The van der Waals surface area contributed by atoms with Crippen LogP contribution in [-0.4, -0.2) is 25.7 Å². The highest BCUT2D eigenvalue weighted by Crippen LogP contribution is 2.19. The molecule has 1 rings (SSSR count). The average Bonchev–Trinajstić information content (AvgIpc) is 2.33. The second kappa shape index (κ2) is 8.56. The summed E-state index contributed by atoms with van der Waals surface area (Å²) in [6.45, 7) is 3.94. The number of carbonyl (C=O) groups excluding carboxylic acids is 1. The largest absolute Gasteiger partial charge is 0.380 e. The molecule has 3 nitrogen and oxygen atoms in total. The summed E-state index contributed by atoms with van der Waals surface area (Å²) >= 11 is 7.61. The van der Waals surface area contributed by atoms with Crippen LogP contribution in [0.3, 0.4) is 0 Å². The summed E-state index contributed by atoms with van der Waals surface area (Å²) < 4.78 is 6.28. The molecular formula is C13H18BrNO2S. The number of rotatable bonds is 7. The third-order valence-electron chi connectivity index (χ3n) is 2.38. The number of unbranched alkanes of at least 4 members (excludes halogenated alkanes) is 1. The molecule has 1 aromatic carbocycles. The predicted molar refractivity (Wildman–Crippen MR) is 79.5 cm³/mol. The maximum Gasteiger partial charge on any atom is 0.252 e. The van der Waals surface area contributed by atoms with Gasteiger partial charge in [0.25, 0.3) is 5.91 Å². The Morgan fingerprint density at radius 1 is 1.44 bits per heavy atom. The van der Waals surface area contributed by atoms with Crippen molar-refractivity contribution in [3.63, 3.8) is 0 Å². The highest BCUT2D eigenvalue weighted by molar-refractivity contribution is 9.10. The lowest BCUT2D eigenvalue weighted by atomic mass is 10.2.